The Hall–Kier alpha value is -1.88. The summed E-state index contributed by atoms with van der Waals surface area (Å²) in [4.78, 5) is 23.7. The number of para-hydroxylation sites is 1. The number of rotatable bonds is 4. The van der Waals surface area contributed by atoms with Gasteiger partial charge in [0.25, 0.3) is 0 Å². The number of amides is 2. The van der Waals surface area contributed by atoms with E-state index in [9.17, 15) is 9.59 Å². The van der Waals surface area contributed by atoms with Gasteiger partial charge < -0.3 is 16.4 Å². The molecule has 0 saturated heterocycles. The molecule has 1 fully saturated rings. The summed E-state index contributed by atoms with van der Waals surface area (Å²) in [5.41, 5.74) is 6.34. The number of Topliss-reactive ketones (excluding diaryl/α,β-unsaturated/α-hetero) is 1. The fourth-order valence-electron chi connectivity index (χ4n) is 2.54. The van der Waals surface area contributed by atoms with E-state index in [1.54, 1.807) is 24.3 Å². The van der Waals surface area contributed by atoms with Crippen molar-refractivity contribution in [3.05, 3.63) is 29.8 Å². The van der Waals surface area contributed by atoms with E-state index in [0.717, 1.165) is 25.7 Å². The molecule has 0 spiro atoms. The summed E-state index contributed by atoms with van der Waals surface area (Å²) in [5, 5.41) is 5.71. The second kappa shape index (κ2) is 7.05. The van der Waals surface area contributed by atoms with Crippen LogP contribution in [0, 0.1) is 0 Å². The first-order valence-corrected chi connectivity index (χ1v) is 7.10. The molecule has 108 valence electrons. The number of hydrogen-bond acceptors (Lipinski definition) is 3. The van der Waals surface area contributed by atoms with Crippen LogP contribution in [0.2, 0.25) is 0 Å². The van der Waals surface area contributed by atoms with E-state index in [1.807, 2.05) is 0 Å². The summed E-state index contributed by atoms with van der Waals surface area (Å²) in [6.45, 7) is -0.0665. The summed E-state index contributed by atoms with van der Waals surface area (Å²) >= 11 is 0. The molecule has 5 heteroatoms. The minimum Gasteiger partial charge on any atom is -0.335 e. The third kappa shape index (κ3) is 3.81. The lowest BCUT2D eigenvalue weighted by Gasteiger charge is -2.23. The van der Waals surface area contributed by atoms with Crippen molar-refractivity contribution in [2.45, 2.75) is 38.1 Å². The molecule has 0 aliphatic heterocycles. The van der Waals surface area contributed by atoms with Crippen molar-refractivity contribution in [1.82, 2.24) is 5.32 Å². The lowest BCUT2D eigenvalue weighted by Crippen LogP contribution is -2.39. The Morgan fingerprint density at radius 1 is 1.15 bits per heavy atom. The molecule has 2 amide bonds. The van der Waals surface area contributed by atoms with Gasteiger partial charge in [0, 0.05) is 11.6 Å². The Kier molecular flexibility index (Phi) is 5.12. The highest BCUT2D eigenvalue weighted by Crippen LogP contribution is 2.18. The molecule has 1 aromatic rings. The first kappa shape index (κ1) is 14.5. The van der Waals surface area contributed by atoms with E-state index in [-0.39, 0.29) is 24.4 Å². The molecule has 1 aliphatic rings. The molecule has 4 N–H and O–H groups in total. The van der Waals surface area contributed by atoms with Gasteiger partial charge in [-0.25, -0.2) is 4.79 Å². The molecular formula is C15H21N3O2. The molecule has 1 aromatic carbocycles. The average molecular weight is 275 g/mol. The number of anilines is 1. The normalized spacial score (nSPS) is 15.7. The third-order valence-electron chi connectivity index (χ3n) is 3.60. The lowest BCUT2D eigenvalue weighted by atomic mass is 9.96. The van der Waals surface area contributed by atoms with E-state index < -0.39 is 0 Å². The maximum absolute atomic E-state index is 12.0. The minimum atomic E-state index is -0.255. The Morgan fingerprint density at radius 2 is 1.85 bits per heavy atom. The van der Waals surface area contributed by atoms with Gasteiger partial charge in [-0.3, -0.25) is 4.79 Å². The third-order valence-corrected chi connectivity index (χ3v) is 3.60. The van der Waals surface area contributed by atoms with Crippen LogP contribution in [-0.4, -0.2) is 24.4 Å². The average Bonchev–Trinajstić information content (AvgIpc) is 2.48. The van der Waals surface area contributed by atoms with Gasteiger partial charge in [-0.05, 0) is 25.0 Å². The van der Waals surface area contributed by atoms with Crippen LogP contribution in [0.25, 0.3) is 0 Å². The van der Waals surface area contributed by atoms with Gasteiger partial charge in [0.15, 0.2) is 5.78 Å². The highest BCUT2D eigenvalue weighted by atomic mass is 16.2. The summed E-state index contributed by atoms with van der Waals surface area (Å²) in [5.74, 6) is -0.182. The van der Waals surface area contributed by atoms with Gasteiger partial charge >= 0.3 is 6.03 Å². The van der Waals surface area contributed by atoms with Gasteiger partial charge in [0.05, 0.1) is 12.2 Å². The zero-order valence-electron chi connectivity index (χ0n) is 11.5. The number of nitrogens with one attached hydrogen (secondary N) is 2. The Balaban J connectivity index is 1.98. The summed E-state index contributed by atoms with van der Waals surface area (Å²) in [7, 11) is 0. The summed E-state index contributed by atoms with van der Waals surface area (Å²) in [6, 6.07) is 6.90. The molecular weight excluding hydrogens is 254 g/mol. The van der Waals surface area contributed by atoms with Crippen LogP contribution < -0.4 is 16.4 Å². The van der Waals surface area contributed by atoms with Crippen molar-refractivity contribution in [3.63, 3.8) is 0 Å². The maximum atomic E-state index is 12.0. The topological polar surface area (TPSA) is 84.2 Å². The highest BCUT2D eigenvalue weighted by molar-refractivity contribution is 6.05. The monoisotopic (exact) mass is 275 g/mol. The van der Waals surface area contributed by atoms with E-state index in [0.29, 0.717) is 11.3 Å². The molecule has 20 heavy (non-hydrogen) atoms. The van der Waals surface area contributed by atoms with Gasteiger partial charge in [0.2, 0.25) is 0 Å². The van der Waals surface area contributed by atoms with Crippen molar-refractivity contribution in [1.29, 1.82) is 0 Å². The molecule has 1 aliphatic carbocycles. The molecule has 0 bridgehead atoms. The van der Waals surface area contributed by atoms with E-state index >= 15 is 0 Å². The second-order valence-electron chi connectivity index (χ2n) is 5.11. The largest absolute Gasteiger partial charge is 0.335 e. The van der Waals surface area contributed by atoms with Crippen molar-refractivity contribution in [2.24, 2.45) is 5.73 Å². The van der Waals surface area contributed by atoms with Crippen LogP contribution in [0.5, 0.6) is 0 Å². The first-order chi connectivity index (χ1) is 9.70. The maximum Gasteiger partial charge on any atom is 0.319 e. The predicted octanol–water partition coefficient (Wildman–Crippen LogP) is 2.28. The smallest absolute Gasteiger partial charge is 0.319 e. The molecule has 2 rings (SSSR count). The van der Waals surface area contributed by atoms with E-state index in [4.69, 9.17) is 5.73 Å². The van der Waals surface area contributed by atoms with Gasteiger partial charge in [-0.1, -0.05) is 31.4 Å². The number of ketones is 1. The minimum absolute atomic E-state index is 0.0665. The van der Waals surface area contributed by atoms with Crippen molar-refractivity contribution in [2.75, 3.05) is 11.9 Å². The number of urea groups is 1. The summed E-state index contributed by atoms with van der Waals surface area (Å²) < 4.78 is 0. The van der Waals surface area contributed by atoms with E-state index in [1.165, 1.54) is 6.42 Å². The molecule has 0 unspecified atom stereocenters. The van der Waals surface area contributed by atoms with Crippen LogP contribution >= 0.6 is 0 Å². The SMILES string of the molecule is NCC(=O)c1ccccc1NC(=O)NC1CCCCC1. The van der Waals surface area contributed by atoms with Crippen LogP contribution in [0.15, 0.2) is 24.3 Å². The van der Waals surface area contributed by atoms with Gasteiger partial charge in [-0.2, -0.15) is 0 Å². The van der Waals surface area contributed by atoms with Crippen molar-refractivity contribution in [3.8, 4) is 0 Å². The lowest BCUT2D eigenvalue weighted by molar-refractivity contribution is 0.100. The molecule has 0 heterocycles. The summed E-state index contributed by atoms with van der Waals surface area (Å²) in [6.07, 6.45) is 5.61. The molecule has 5 nitrogen and oxygen atoms in total. The van der Waals surface area contributed by atoms with Crippen molar-refractivity contribution < 1.29 is 9.59 Å². The quantitative estimate of drug-likeness (QED) is 0.737. The molecule has 1 saturated carbocycles. The number of hydrogen-bond donors (Lipinski definition) is 3. The molecule has 0 aromatic heterocycles. The van der Waals surface area contributed by atoms with Gasteiger partial charge in [0.1, 0.15) is 0 Å². The Bertz CT molecular complexity index is 482. The predicted molar refractivity (Wildman–Crippen MR) is 78.9 cm³/mol. The highest BCUT2D eigenvalue weighted by Gasteiger charge is 2.17. The zero-order valence-corrected chi connectivity index (χ0v) is 11.5. The van der Waals surface area contributed by atoms with Gasteiger partial charge in [-0.15, -0.1) is 0 Å². The Morgan fingerprint density at radius 3 is 2.55 bits per heavy atom. The fourth-order valence-corrected chi connectivity index (χ4v) is 2.54. The van der Waals surface area contributed by atoms with Crippen LogP contribution in [0.1, 0.15) is 42.5 Å². The molecule has 0 radical (unpaired) electrons. The fraction of sp³-hybridized carbons (Fsp3) is 0.467. The molecule has 0 atom stereocenters. The number of carbonyl (C=O) groups is 2. The standard InChI is InChI=1S/C15H21N3O2/c16-10-14(19)12-8-4-5-9-13(12)18-15(20)17-11-6-2-1-3-7-11/h4-5,8-9,11H,1-3,6-7,10,16H2,(H2,17,18,20). The van der Waals surface area contributed by atoms with Crippen LogP contribution in [0.4, 0.5) is 10.5 Å². The van der Waals surface area contributed by atoms with Crippen molar-refractivity contribution >= 4 is 17.5 Å². The number of benzene rings is 1. The number of nitrogens with two attached hydrogens (primary N) is 1. The number of carbonyl (C=O) groups excluding carboxylic acids is 2. The van der Waals surface area contributed by atoms with E-state index in [2.05, 4.69) is 10.6 Å². The zero-order chi connectivity index (χ0) is 14.4. The first-order valence-electron chi connectivity index (χ1n) is 7.10. The van der Waals surface area contributed by atoms with Crippen LogP contribution in [-0.2, 0) is 0 Å². The van der Waals surface area contributed by atoms with Crippen LogP contribution in [0.3, 0.4) is 0 Å². The second-order valence-corrected chi connectivity index (χ2v) is 5.11. The Labute approximate surface area is 118 Å².